The number of aliphatic hydroxyl groups is 2. The van der Waals surface area contributed by atoms with Crippen LogP contribution in [0.2, 0.25) is 0 Å². The minimum Gasteiger partial charge on any atom is -0.390 e. The van der Waals surface area contributed by atoms with Gasteiger partial charge in [-0.15, -0.1) is 0 Å². The molecule has 0 aliphatic heterocycles. The minimum atomic E-state index is -0.853. The Morgan fingerprint density at radius 1 is 1.50 bits per heavy atom. The predicted octanol–water partition coefficient (Wildman–Crippen LogP) is 1.57. The Balaban J connectivity index is 2.78. The Bertz CT molecular complexity index is 219. The number of allylic oxidation sites excluding steroid dienone is 2. The number of hydrogen-bond donors (Lipinski definition) is 2. The van der Waals surface area contributed by atoms with E-state index in [0.29, 0.717) is 10.6 Å². The molecular weight excluding hydrogens is 176 g/mol. The van der Waals surface area contributed by atoms with Crippen LogP contribution in [-0.4, -0.2) is 22.4 Å². The van der Waals surface area contributed by atoms with Crippen LogP contribution in [0.5, 0.6) is 0 Å². The van der Waals surface area contributed by atoms with Gasteiger partial charge in [0.2, 0.25) is 0 Å². The molecule has 0 saturated heterocycles. The Morgan fingerprint density at radius 2 is 2.17 bits per heavy atom. The fourth-order valence-electron chi connectivity index (χ4n) is 1.17. The molecule has 0 aromatic rings. The number of hydrogen-bond acceptors (Lipinski definition) is 2. The van der Waals surface area contributed by atoms with Gasteiger partial charge in [-0.1, -0.05) is 23.8 Å². The van der Waals surface area contributed by atoms with Crippen molar-refractivity contribution in [2.45, 2.75) is 32.0 Å². The van der Waals surface area contributed by atoms with E-state index < -0.39 is 12.2 Å². The van der Waals surface area contributed by atoms with Crippen molar-refractivity contribution >= 4 is 11.6 Å². The summed E-state index contributed by atoms with van der Waals surface area (Å²) in [5.41, 5.74) is 0.651. The van der Waals surface area contributed by atoms with Crippen molar-refractivity contribution in [1.82, 2.24) is 0 Å². The predicted molar refractivity (Wildman–Crippen MR) is 48.9 cm³/mol. The van der Waals surface area contributed by atoms with Crippen LogP contribution in [0.3, 0.4) is 0 Å². The van der Waals surface area contributed by atoms with Crippen LogP contribution in [-0.2, 0) is 0 Å². The van der Waals surface area contributed by atoms with E-state index in [2.05, 4.69) is 0 Å². The Labute approximate surface area is 77.2 Å². The monoisotopic (exact) mass is 188 g/mol. The van der Waals surface area contributed by atoms with Gasteiger partial charge in [-0.2, -0.15) is 0 Å². The average molecular weight is 189 g/mol. The second-order valence-corrected chi connectivity index (χ2v) is 3.44. The fraction of sp³-hybridized carbons (Fsp3) is 0.556. The standard InChI is InChI=1S/C9H13ClO2/c1-6(11)9(12)7-4-2-3-5-8(7)10/h2,4,6,9,11-12H,3,5H2,1H3. The van der Waals surface area contributed by atoms with E-state index in [4.69, 9.17) is 16.7 Å². The topological polar surface area (TPSA) is 40.5 Å². The highest BCUT2D eigenvalue weighted by atomic mass is 35.5. The third-order valence-electron chi connectivity index (χ3n) is 1.92. The molecule has 1 rings (SSSR count). The van der Waals surface area contributed by atoms with Crippen LogP contribution < -0.4 is 0 Å². The number of halogens is 1. The van der Waals surface area contributed by atoms with Crippen LogP contribution in [0.15, 0.2) is 22.8 Å². The molecule has 0 aromatic carbocycles. The zero-order valence-corrected chi connectivity index (χ0v) is 7.75. The van der Waals surface area contributed by atoms with Gasteiger partial charge in [-0.3, -0.25) is 0 Å². The third kappa shape index (κ3) is 2.09. The molecule has 0 amide bonds. The lowest BCUT2D eigenvalue weighted by molar-refractivity contribution is 0.0562. The van der Waals surface area contributed by atoms with E-state index in [1.54, 1.807) is 13.0 Å². The molecule has 2 N–H and O–H groups in total. The first-order valence-electron chi connectivity index (χ1n) is 4.04. The normalized spacial score (nSPS) is 22.7. The van der Waals surface area contributed by atoms with Crippen molar-refractivity contribution < 1.29 is 10.2 Å². The molecule has 12 heavy (non-hydrogen) atoms. The van der Waals surface area contributed by atoms with E-state index in [1.165, 1.54) is 0 Å². The molecule has 0 aromatic heterocycles. The molecule has 0 fully saturated rings. The van der Waals surface area contributed by atoms with Gasteiger partial charge in [0.1, 0.15) is 6.10 Å². The van der Waals surface area contributed by atoms with Gasteiger partial charge in [0.25, 0.3) is 0 Å². The van der Waals surface area contributed by atoms with Gasteiger partial charge >= 0.3 is 0 Å². The Hall–Kier alpha value is -0.310. The second-order valence-electron chi connectivity index (χ2n) is 2.99. The van der Waals surface area contributed by atoms with Crippen molar-refractivity contribution in [2.75, 3.05) is 0 Å². The molecule has 2 nitrogen and oxygen atoms in total. The first kappa shape index (κ1) is 9.78. The van der Waals surface area contributed by atoms with Crippen molar-refractivity contribution in [3.8, 4) is 0 Å². The highest BCUT2D eigenvalue weighted by Gasteiger charge is 2.18. The van der Waals surface area contributed by atoms with E-state index in [9.17, 15) is 5.11 Å². The lowest BCUT2D eigenvalue weighted by atomic mass is 9.99. The summed E-state index contributed by atoms with van der Waals surface area (Å²) in [7, 11) is 0. The smallest absolute Gasteiger partial charge is 0.106 e. The minimum absolute atomic E-state index is 0.651. The second kappa shape index (κ2) is 4.08. The summed E-state index contributed by atoms with van der Waals surface area (Å²) < 4.78 is 0. The maximum Gasteiger partial charge on any atom is 0.106 e. The van der Waals surface area contributed by atoms with Gasteiger partial charge in [-0.25, -0.2) is 0 Å². The van der Waals surface area contributed by atoms with Crippen molar-refractivity contribution in [2.24, 2.45) is 0 Å². The molecule has 0 radical (unpaired) electrons. The Morgan fingerprint density at radius 3 is 2.67 bits per heavy atom. The molecule has 2 unspecified atom stereocenters. The van der Waals surface area contributed by atoms with E-state index >= 15 is 0 Å². The summed E-state index contributed by atoms with van der Waals surface area (Å²) in [6, 6.07) is 0. The van der Waals surface area contributed by atoms with Crippen LogP contribution in [0, 0.1) is 0 Å². The largest absolute Gasteiger partial charge is 0.390 e. The van der Waals surface area contributed by atoms with Crippen molar-refractivity contribution in [3.05, 3.63) is 22.8 Å². The number of rotatable bonds is 2. The van der Waals surface area contributed by atoms with Crippen LogP contribution >= 0.6 is 11.6 Å². The maximum absolute atomic E-state index is 9.48. The molecule has 1 aliphatic carbocycles. The van der Waals surface area contributed by atoms with Crippen molar-refractivity contribution in [3.63, 3.8) is 0 Å². The number of aliphatic hydroxyl groups excluding tert-OH is 2. The van der Waals surface area contributed by atoms with Gasteiger partial charge in [0.15, 0.2) is 0 Å². The maximum atomic E-state index is 9.48. The molecule has 3 heteroatoms. The average Bonchev–Trinajstić information content (AvgIpc) is 2.04. The third-order valence-corrected chi connectivity index (χ3v) is 2.32. The zero-order valence-electron chi connectivity index (χ0n) is 7.00. The first-order valence-corrected chi connectivity index (χ1v) is 4.42. The van der Waals surface area contributed by atoms with Gasteiger partial charge in [0.05, 0.1) is 6.10 Å². The highest BCUT2D eigenvalue weighted by Crippen LogP contribution is 2.25. The SMILES string of the molecule is CC(O)C(O)C1=C(Cl)CCC=C1. The molecule has 2 atom stereocenters. The van der Waals surface area contributed by atoms with Crippen LogP contribution in [0.4, 0.5) is 0 Å². The fourth-order valence-corrected chi connectivity index (χ4v) is 1.46. The quantitative estimate of drug-likeness (QED) is 0.691. The molecule has 68 valence electrons. The molecule has 0 saturated carbocycles. The summed E-state index contributed by atoms with van der Waals surface area (Å²) in [6.07, 6.45) is 3.78. The zero-order chi connectivity index (χ0) is 9.14. The lowest BCUT2D eigenvalue weighted by Gasteiger charge is -2.18. The summed E-state index contributed by atoms with van der Waals surface area (Å²) >= 11 is 5.88. The molecule has 0 spiro atoms. The molecule has 0 bridgehead atoms. The molecule has 0 heterocycles. The summed E-state index contributed by atoms with van der Waals surface area (Å²) in [5.74, 6) is 0. The van der Waals surface area contributed by atoms with Crippen LogP contribution in [0.25, 0.3) is 0 Å². The van der Waals surface area contributed by atoms with Gasteiger partial charge in [0, 0.05) is 5.03 Å². The summed E-state index contributed by atoms with van der Waals surface area (Å²) in [4.78, 5) is 0. The lowest BCUT2D eigenvalue weighted by Crippen LogP contribution is -2.25. The van der Waals surface area contributed by atoms with E-state index in [0.717, 1.165) is 12.8 Å². The van der Waals surface area contributed by atoms with E-state index in [-0.39, 0.29) is 0 Å². The molecule has 1 aliphatic rings. The molecular formula is C9H13ClO2. The van der Waals surface area contributed by atoms with Crippen LogP contribution in [0.1, 0.15) is 19.8 Å². The van der Waals surface area contributed by atoms with Gasteiger partial charge in [-0.05, 0) is 25.3 Å². The summed E-state index contributed by atoms with van der Waals surface area (Å²) in [5, 5.41) is 19.3. The van der Waals surface area contributed by atoms with Gasteiger partial charge < -0.3 is 10.2 Å². The van der Waals surface area contributed by atoms with E-state index in [1.807, 2.05) is 6.08 Å². The van der Waals surface area contributed by atoms with Crippen molar-refractivity contribution in [1.29, 1.82) is 0 Å². The highest BCUT2D eigenvalue weighted by molar-refractivity contribution is 6.30. The first-order chi connectivity index (χ1) is 5.63. The summed E-state index contributed by atoms with van der Waals surface area (Å²) in [6.45, 7) is 1.55. The Kier molecular flexibility index (Phi) is 3.32.